The number of hydrogen-bond acceptors (Lipinski definition) is 4. The zero-order valence-corrected chi connectivity index (χ0v) is 13.1. The van der Waals surface area contributed by atoms with Crippen molar-refractivity contribution < 1.29 is 14.0 Å². The van der Waals surface area contributed by atoms with Gasteiger partial charge >= 0.3 is 0 Å². The number of rotatable bonds is 5. The number of nitrogens with zero attached hydrogens (tertiary/aromatic N) is 1. The Balaban J connectivity index is 1.64. The van der Waals surface area contributed by atoms with Crippen LogP contribution in [0.4, 0.5) is 10.1 Å². The van der Waals surface area contributed by atoms with Gasteiger partial charge in [0.1, 0.15) is 0 Å². The molecule has 2 aromatic carbocycles. The maximum absolute atomic E-state index is 12.7. The van der Waals surface area contributed by atoms with E-state index in [0.29, 0.717) is 22.4 Å². The van der Waals surface area contributed by atoms with E-state index in [4.69, 9.17) is 0 Å². The molecule has 5 nitrogen and oxygen atoms in total. The van der Waals surface area contributed by atoms with Crippen LogP contribution in [0, 0.1) is 5.95 Å². The van der Waals surface area contributed by atoms with Crippen molar-refractivity contribution >= 4 is 17.4 Å². The summed E-state index contributed by atoms with van der Waals surface area (Å²) in [6, 6.07) is 17.9. The first kappa shape index (κ1) is 16.3. The third-order valence-corrected chi connectivity index (χ3v) is 3.49. The fourth-order valence-electron chi connectivity index (χ4n) is 2.18. The van der Waals surface area contributed by atoms with Crippen molar-refractivity contribution in [3.05, 3.63) is 95.6 Å². The smallest absolute Gasteiger partial charge is 0.269 e. The average molecular weight is 335 g/mol. The lowest BCUT2D eigenvalue weighted by Gasteiger charge is -2.08. The van der Waals surface area contributed by atoms with Crippen molar-refractivity contribution in [1.29, 1.82) is 0 Å². The first-order valence-corrected chi connectivity index (χ1v) is 7.51. The lowest BCUT2D eigenvalue weighted by Crippen LogP contribution is -2.29. The van der Waals surface area contributed by atoms with Crippen LogP contribution in [-0.2, 0) is 0 Å². The zero-order valence-electron chi connectivity index (χ0n) is 13.1. The predicted octanol–water partition coefficient (Wildman–Crippen LogP) is 3.21. The molecular formula is C19H14FN3O2. The van der Waals surface area contributed by atoms with Crippen molar-refractivity contribution in [1.82, 2.24) is 10.4 Å². The fraction of sp³-hybridized carbons (Fsp3) is 0. The van der Waals surface area contributed by atoms with E-state index < -0.39 is 5.95 Å². The summed E-state index contributed by atoms with van der Waals surface area (Å²) in [6.07, 6.45) is 1.26. The SMILES string of the molecule is O=C(NNc1ccc(F)nc1)c1ccc(C(=O)c2ccccc2)cc1. The standard InChI is InChI=1S/C19H14FN3O2/c20-17-11-10-16(12-21-17)22-23-19(25)15-8-6-14(7-9-15)18(24)13-4-2-1-3-5-13/h1-12,22H,(H,23,25). The molecule has 0 saturated carbocycles. The van der Waals surface area contributed by atoms with Crippen molar-refractivity contribution in [2.24, 2.45) is 0 Å². The van der Waals surface area contributed by atoms with Crippen LogP contribution in [0.15, 0.2) is 72.9 Å². The third-order valence-electron chi connectivity index (χ3n) is 3.49. The second-order valence-corrected chi connectivity index (χ2v) is 5.22. The van der Waals surface area contributed by atoms with Gasteiger partial charge in [0.05, 0.1) is 11.9 Å². The first-order valence-electron chi connectivity index (χ1n) is 7.51. The Labute approximate surface area is 143 Å². The molecule has 25 heavy (non-hydrogen) atoms. The van der Waals surface area contributed by atoms with Gasteiger partial charge in [0, 0.05) is 16.7 Å². The van der Waals surface area contributed by atoms with E-state index in [1.54, 1.807) is 48.5 Å². The largest absolute Gasteiger partial charge is 0.297 e. The van der Waals surface area contributed by atoms with Crippen LogP contribution in [0.25, 0.3) is 0 Å². The molecule has 0 radical (unpaired) electrons. The van der Waals surface area contributed by atoms with E-state index in [0.717, 1.165) is 0 Å². The lowest BCUT2D eigenvalue weighted by atomic mass is 10.0. The highest BCUT2D eigenvalue weighted by Gasteiger charge is 2.10. The minimum Gasteiger partial charge on any atom is -0.297 e. The number of carbonyl (C=O) groups excluding carboxylic acids is 2. The van der Waals surface area contributed by atoms with E-state index in [-0.39, 0.29) is 11.7 Å². The second kappa shape index (κ2) is 7.35. The van der Waals surface area contributed by atoms with Crippen LogP contribution in [0.5, 0.6) is 0 Å². The summed E-state index contributed by atoms with van der Waals surface area (Å²) >= 11 is 0. The monoisotopic (exact) mass is 335 g/mol. The Morgan fingerprint density at radius 1 is 0.800 bits per heavy atom. The van der Waals surface area contributed by atoms with Gasteiger partial charge in [0.15, 0.2) is 5.78 Å². The van der Waals surface area contributed by atoms with Crippen LogP contribution >= 0.6 is 0 Å². The van der Waals surface area contributed by atoms with Gasteiger partial charge in [-0.15, -0.1) is 0 Å². The Morgan fingerprint density at radius 2 is 1.44 bits per heavy atom. The highest BCUT2D eigenvalue weighted by Crippen LogP contribution is 2.11. The number of anilines is 1. The molecule has 0 saturated heterocycles. The number of hydrogen-bond donors (Lipinski definition) is 2. The normalized spacial score (nSPS) is 10.1. The molecular weight excluding hydrogens is 321 g/mol. The Bertz CT molecular complexity index is 879. The average Bonchev–Trinajstić information content (AvgIpc) is 2.67. The minimum atomic E-state index is -0.601. The number of halogens is 1. The molecule has 0 atom stereocenters. The van der Waals surface area contributed by atoms with E-state index in [9.17, 15) is 14.0 Å². The van der Waals surface area contributed by atoms with Crippen LogP contribution in [0.1, 0.15) is 26.3 Å². The van der Waals surface area contributed by atoms with Gasteiger partial charge in [-0.05, 0) is 24.3 Å². The molecule has 0 spiro atoms. The molecule has 1 heterocycles. The van der Waals surface area contributed by atoms with Crippen LogP contribution in [-0.4, -0.2) is 16.7 Å². The van der Waals surface area contributed by atoms with Crippen molar-refractivity contribution in [3.8, 4) is 0 Å². The highest BCUT2D eigenvalue weighted by atomic mass is 19.1. The molecule has 0 aliphatic heterocycles. The van der Waals surface area contributed by atoms with Crippen molar-refractivity contribution in [3.63, 3.8) is 0 Å². The molecule has 3 aromatic rings. The third kappa shape index (κ3) is 4.06. The van der Waals surface area contributed by atoms with Crippen LogP contribution in [0.3, 0.4) is 0 Å². The van der Waals surface area contributed by atoms with Gasteiger partial charge < -0.3 is 0 Å². The Kier molecular flexibility index (Phi) is 4.80. The fourth-order valence-corrected chi connectivity index (χ4v) is 2.18. The van der Waals surface area contributed by atoms with Crippen molar-refractivity contribution in [2.75, 3.05) is 5.43 Å². The zero-order chi connectivity index (χ0) is 17.6. The summed E-state index contributed by atoms with van der Waals surface area (Å²) in [5, 5.41) is 0. The maximum Gasteiger partial charge on any atom is 0.269 e. The number of benzene rings is 2. The minimum absolute atomic E-state index is 0.108. The van der Waals surface area contributed by atoms with Crippen molar-refractivity contribution in [2.45, 2.75) is 0 Å². The van der Waals surface area contributed by atoms with Gasteiger partial charge in [0.25, 0.3) is 5.91 Å². The number of aromatic nitrogens is 1. The van der Waals surface area contributed by atoms with Gasteiger partial charge in [-0.1, -0.05) is 42.5 Å². The van der Waals surface area contributed by atoms with Gasteiger partial charge in [-0.2, -0.15) is 4.39 Å². The maximum atomic E-state index is 12.7. The lowest BCUT2D eigenvalue weighted by molar-refractivity contribution is 0.0961. The molecule has 0 bridgehead atoms. The number of ketones is 1. The molecule has 3 rings (SSSR count). The molecule has 1 amide bonds. The predicted molar refractivity (Wildman–Crippen MR) is 91.6 cm³/mol. The Morgan fingerprint density at radius 3 is 2.08 bits per heavy atom. The van der Waals surface area contributed by atoms with E-state index in [2.05, 4.69) is 15.8 Å². The quantitative estimate of drug-likeness (QED) is 0.427. The molecule has 6 heteroatoms. The van der Waals surface area contributed by atoms with Crippen LogP contribution in [0.2, 0.25) is 0 Å². The molecule has 0 aliphatic rings. The van der Waals surface area contributed by atoms with E-state index in [1.807, 2.05) is 6.07 Å². The topological polar surface area (TPSA) is 71.1 Å². The Hall–Kier alpha value is -3.54. The van der Waals surface area contributed by atoms with Gasteiger partial charge in [-0.25, -0.2) is 4.98 Å². The molecule has 0 unspecified atom stereocenters. The number of carbonyl (C=O) groups is 2. The summed E-state index contributed by atoms with van der Waals surface area (Å²) in [4.78, 5) is 27.9. The van der Waals surface area contributed by atoms with E-state index in [1.165, 1.54) is 18.3 Å². The van der Waals surface area contributed by atoms with Gasteiger partial charge in [-0.3, -0.25) is 20.4 Å². The molecule has 0 aliphatic carbocycles. The number of amides is 1. The summed E-state index contributed by atoms with van der Waals surface area (Å²) in [5.41, 5.74) is 7.03. The second-order valence-electron chi connectivity index (χ2n) is 5.22. The van der Waals surface area contributed by atoms with Crippen LogP contribution < -0.4 is 10.9 Å². The summed E-state index contributed by atoms with van der Waals surface area (Å²) in [7, 11) is 0. The first-order chi connectivity index (χ1) is 12.1. The van der Waals surface area contributed by atoms with Gasteiger partial charge in [0.2, 0.25) is 5.95 Å². The highest BCUT2D eigenvalue weighted by molar-refractivity contribution is 6.09. The molecule has 2 N–H and O–H groups in total. The summed E-state index contributed by atoms with van der Waals surface area (Å²) in [6.45, 7) is 0. The number of pyridine rings is 1. The summed E-state index contributed by atoms with van der Waals surface area (Å²) in [5.74, 6) is -1.10. The molecule has 0 fully saturated rings. The number of nitrogens with one attached hydrogen (secondary N) is 2. The number of hydrazine groups is 1. The molecule has 1 aromatic heterocycles. The van der Waals surface area contributed by atoms with E-state index >= 15 is 0 Å². The summed E-state index contributed by atoms with van der Waals surface area (Å²) < 4.78 is 12.7. The molecule has 124 valence electrons.